The van der Waals surface area contributed by atoms with Crippen LogP contribution in [-0.2, 0) is 5.54 Å². The SMILES string of the molecule is CCC(C)(C)n1c(=O)[nH][nH]c1=S. The Morgan fingerprint density at radius 2 is 2.08 bits per heavy atom. The van der Waals surface area contributed by atoms with Gasteiger partial charge in [0.15, 0.2) is 4.77 Å². The van der Waals surface area contributed by atoms with Gasteiger partial charge in [-0.2, -0.15) is 0 Å². The second-order valence-corrected chi connectivity index (χ2v) is 3.75. The van der Waals surface area contributed by atoms with Crippen molar-refractivity contribution in [2.45, 2.75) is 32.7 Å². The van der Waals surface area contributed by atoms with Crippen molar-refractivity contribution in [2.75, 3.05) is 0 Å². The highest BCUT2D eigenvalue weighted by Crippen LogP contribution is 2.16. The van der Waals surface area contributed by atoms with E-state index in [9.17, 15) is 4.79 Å². The van der Waals surface area contributed by atoms with E-state index in [0.717, 1.165) is 6.42 Å². The number of hydrogen-bond donors (Lipinski definition) is 2. The Morgan fingerprint density at radius 3 is 2.42 bits per heavy atom. The van der Waals surface area contributed by atoms with Gasteiger partial charge in [0.1, 0.15) is 0 Å². The summed E-state index contributed by atoms with van der Waals surface area (Å²) >= 11 is 4.96. The lowest BCUT2D eigenvalue weighted by Gasteiger charge is -2.22. The molecule has 0 saturated carbocycles. The van der Waals surface area contributed by atoms with Crippen LogP contribution in [0.5, 0.6) is 0 Å². The molecule has 0 saturated heterocycles. The summed E-state index contributed by atoms with van der Waals surface area (Å²) in [5.41, 5.74) is -0.392. The second-order valence-electron chi connectivity index (χ2n) is 3.36. The Bertz CT molecular complexity index is 343. The number of nitrogens with zero attached hydrogens (tertiary/aromatic N) is 1. The van der Waals surface area contributed by atoms with E-state index in [-0.39, 0.29) is 11.2 Å². The summed E-state index contributed by atoms with van der Waals surface area (Å²) in [6.45, 7) is 5.98. The Balaban J connectivity index is 3.36. The molecular weight excluding hydrogens is 174 g/mol. The first-order chi connectivity index (χ1) is 5.49. The van der Waals surface area contributed by atoms with Gasteiger partial charge in [-0.25, -0.2) is 9.89 Å². The Hall–Kier alpha value is -0.840. The summed E-state index contributed by atoms with van der Waals surface area (Å²) in [5.74, 6) is 0. The maximum absolute atomic E-state index is 11.3. The van der Waals surface area contributed by atoms with Crippen LogP contribution in [0.3, 0.4) is 0 Å². The molecule has 68 valence electrons. The lowest BCUT2D eigenvalue weighted by molar-refractivity contribution is 0.329. The van der Waals surface area contributed by atoms with Crippen LogP contribution in [0.4, 0.5) is 0 Å². The van der Waals surface area contributed by atoms with Crippen molar-refractivity contribution in [1.82, 2.24) is 14.8 Å². The number of hydrogen-bond acceptors (Lipinski definition) is 2. The number of aromatic nitrogens is 3. The molecule has 0 spiro atoms. The molecule has 1 rings (SSSR count). The average Bonchev–Trinajstić information content (AvgIpc) is 2.31. The van der Waals surface area contributed by atoms with Crippen molar-refractivity contribution in [3.8, 4) is 0 Å². The van der Waals surface area contributed by atoms with Gasteiger partial charge >= 0.3 is 5.69 Å². The molecule has 1 heterocycles. The van der Waals surface area contributed by atoms with Gasteiger partial charge < -0.3 is 0 Å². The van der Waals surface area contributed by atoms with Gasteiger partial charge in [-0.05, 0) is 32.5 Å². The first-order valence-corrected chi connectivity index (χ1v) is 4.30. The molecule has 0 atom stereocenters. The van der Waals surface area contributed by atoms with E-state index >= 15 is 0 Å². The first-order valence-electron chi connectivity index (χ1n) is 3.89. The zero-order chi connectivity index (χ0) is 9.35. The van der Waals surface area contributed by atoms with E-state index in [1.54, 1.807) is 4.57 Å². The molecule has 0 bridgehead atoms. The van der Waals surface area contributed by atoms with Gasteiger partial charge in [0.05, 0.1) is 0 Å². The zero-order valence-corrected chi connectivity index (χ0v) is 8.29. The third kappa shape index (κ3) is 1.36. The van der Waals surface area contributed by atoms with Crippen LogP contribution in [0, 0.1) is 4.77 Å². The van der Waals surface area contributed by atoms with Crippen LogP contribution in [0.2, 0.25) is 0 Å². The number of H-pyrrole nitrogens is 2. The monoisotopic (exact) mass is 187 g/mol. The third-order valence-corrected chi connectivity index (χ3v) is 2.44. The Kier molecular flexibility index (Phi) is 2.23. The minimum absolute atomic E-state index is 0.174. The molecule has 0 fully saturated rings. The smallest absolute Gasteiger partial charge is 0.272 e. The van der Waals surface area contributed by atoms with Crippen molar-refractivity contribution < 1.29 is 0 Å². The highest BCUT2D eigenvalue weighted by Gasteiger charge is 2.20. The fraction of sp³-hybridized carbons (Fsp3) is 0.714. The van der Waals surface area contributed by atoms with Crippen LogP contribution in [-0.4, -0.2) is 14.8 Å². The zero-order valence-electron chi connectivity index (χ0n) is 7.47. The molecule has 0 unspecified atom stereocenters. The minimum atomic E-state index is -0.218. The van der Waals surface area contributed by atoms with Gasteiger partial charge in [-0.1, -0.05) is 6.92 Å². The molecule has 5 heteroatoms. The third-order valence-electron chi connectivity index (χ3n) is 2.15. The Labute approximate surface area is 75.6 Å². The second kappa shape index (κ2) is 2.90. The molecule has 1 aromatic rings. The van der Waals surface area contributed by atoms with E-state index < -0.39 is 0 Å². The number of nitrogens with one attached hydrogen (secondary N) is 2. The fourth-order valence-corrected chi connectivity index (χ4v) is 1.40. The van der Waals surface area contributed by atoms with Crippen molar-refractivity contribution >= 4 is 12.2 Å². The summed E-state index contributed by atoms with van der Waals surface area (Å²) in [6, 6.07) is 0. The highest BCUT2D eigenvalue weighted by atomic mass is 32.1. The number of aromatic amines is 2. The molecule has 0 aliphatic heterocycles. The lowest BCUT2D eigenvalue weighted by atomic mass is 10.0. The van der Waals surface area contributed by atoms with Gasteiger partial charge in [0.25, 0.3) is 0 Å². The predicted molar refractivity (Wildman–Crippen MR) is 49.9 cm³/mol. The van der Waals surface area contributed by atoms with Crippen LogP contribution in [0.15, 0.2) is 4.79 Å². The molecule has 12 heavy (non-hydrogen) atoms. The molecule has 4 nitrogen and oxygen atoms in total. The molecule has 0 aliphatic rings. The summed E-state index contributed by atoms with van der Waals surface area (Å²) in [4.78, 5) is 11.3. The first kappa shape index (κ1) is 9.25. The van der Waals surface area contributed by atoms with Crippen LogP contribution in [0.25, 0.3) is 0 Å². The van der Waals surface area contributed by atoms with E-state index in [4.69, 9.17) is 12.2 Å². The van der Waals surface area contributed by atoms with Gasteiger partial charge in [0, 0.05) is 5.54 Å². The van der Waals surface area contributed by atoms with Gasteiger partial charge in [0.2, 0.25) is 0 Å². The van der Waals surface area contributed by atoms with Crippen LogP contribution < -0.4 is 5.69 Å². The quantitative estimate of drug-likeness (QED) is 0.687. The molecular formula is C7H13N3OS. The van der Waals surface area contributed by atoms with E-state index in [0.29, 0.717) is 4.77 Å². The topological polar surface area (TPSA) is 53.6 Å². The summed E-state index contributed by atoms with van der Waals surface area (Å²) in [6.07, 6.45) is 0.863. The van der Waals surface area contributed by atoms with E-state index in [2.05, 4.69) is 10.2 Å². The van der Waals surface area contributed by atoms with Crippen LogP contribution >= 0.6 is 12.2 Å². The van der Waals surface area contributed by atoms with E-state index in [1.807, 2.05) is 20.8 Å². The van der Waals surface area contributed by atoms with Crippen molar-refractivity contribution in [3.05, 3.63) is 15.3 Å². The predicted octanol–water partition coefficient (Wildman–Crippen LogP) is 1.38. The lowest BCUT2D eigenvalue weighted by Crippen LogP contribution is -2.34. The summed E-state index contributed by atoms with van der Waals surface area (Å²) in [7, 11) is 0. The number of rotatable bonds is 2. The highest BCUT2D eigenvalue weighted by molar-refractivity contribution is 7.71. The fourth-order valence-electron chi connectivity index (χ4n) is 1.02. The molecule has 0 aliphatic carbocycles. The van der Waals surface area contributed by atoms with Crippen molar-refractivity contribution in [1.29, 1.82) is 0 Å². The average molecular weight is 187 g/mol. The van der Waals surface area contributed by atoms with Gasteiger partial charge in [-0.3, -0.25) is 9.67 Å². The van der Waals surface area contributed by atoms with Crippen molar-refractivity contribution in [3.63, 3.8) is 0 Å². The van der Waals surface area contributed by atoms with Crippen molar-refractivity contribution in [2.24, 2.45) is 0 Å². The molecule has 0 amide bonds. The molecule has 1 aromatic heterocycles. The van der Waals surface area contributed by atoms with Gasteiger partial charge in [-0.15, -0.1) is 0 Å². The Morgan fingerprint density at radius 1 is 1.50 bits per heavy atom. The summed E-state index contributed by atoms with van der Waals surface area (Å²) in [5, 5.41) is 5.07. The molecule has 0 aromatic carbocycles. The van der Waals surface area contributed by atoms with E-state index in [1.165, 1.54) is 0 Å². The molecule has 2 N–H and O–H groups in total. The normalized spacial score (nSPS) is 11.9. The summed E-state index contributed by atoms with van der Waals surface area (Å²) < 4.78 is 2.01. The maximum Gasteiger partial charge on any atom is 0.342 e. The minimum Gasteiger partial charge on any atom is -0.272 e. The standard InChI is InChI=1S/C7H13N3OS/c1-4-7(2,3)10-5(11)8-9-6(10)12/h4H2,1-3H3,(H,8,11)(H,9,12). The largest absolute Gasteiger partial charge is 0.342 e. The molecule has 0 radical (unpaired) electrons. The maximum atomic E-state index is 11.3. The van der Waals surface area contributed by atoms with Crippen LogP contribution in [0.1, 0.15) is 27.2 Å².